The molecule has 1 unspecified atom stereocenters. The number of nitrogens with zero attached hydrogens (tertiary/aromatic N) is 1. The normalized spacial score (nSPS) is 15.4. The van der Waals surface area contributed by atoms with Gasteiger partial charge in [0.1, 0.15) is 5.75 Å². The summed E-state index contributed by atoms with van der Waals surface area (Å²) in [6.07, 6.45) is 0.783. The third-order valence-corrected chi connectivity index (χ3v) is 6.46. The zero-order chi connectivity index (χ0) is 23.1. The van der Waals surface area contributed by atoms with Gasteiger partial charge in [-0.05, 0) is 79.8 Å². The fourth-order valence-corrected chi connectivity index (χ4v) is 4.95. The summed E-state index contributed by atoms with van der Waals surface area (Å²) in [6, 6.07) is 20.4. The molecule has 168 valence electrons. The Hall–Kier alpha value is -3.73. The van der Waals surface area contributed by atoms with Crippen LogP contribution in [-0.2, 0) is 6.42 Å². The first kappa shape index (κ1) is 21.1. The number of aromatic nitrogens is 1. The van der Waals surface area contributed by atoms with Crippen LogP contribution in [0.15, 0.2) is 60.7 Å². The van der Waals surface area contributed by atoms with Gasteiger partial charge in [-0.25, -0.2) is 4.79 Å². The van der Waals surface area contributed by atoms with Crippen LogP contribution in [0.2, 0.25) is 0 Å². The monoisotopic (exact) mass is 439 g/mol. The van der Waals surface area contributed by atoms with Crippen LogP contribution in [0.25, 0.3) is 10.9 Å². The van der Waals surface area contributed by atoms with Gasteiger partial charge in [-0.3, -0.25) is 0 Å². The van der Waals surface area contributed by atoms with Crippen LogP contribution in [0, 0.1) is 20.8 Å². The highest BCUT2D eigenvalue weighted by molar-refractivity contribution is 5.92. The predicted molar refractivity (Wildman–Crippen MR) is 133 cm³/mol. The summed E-state index contributed by atoms with van der Waals surface area (Å²) in [5.74, 6) is 0.839. The van der Waals surface area contributed by atoms with Crippen LogP contribution < -0.4 is 10.1 Å². The number of carbonyl (C=O) groups is 1. The molecule has 0 aliphatic carbocycles. The van der Waals surface area contributed by atoms with Gasteiger partial charge in [-0.15, -0.1) is 0 Å². The predicted octanol–water partition coefficient (Wildman–Crippen LogP) is 6.28. The van der Waals surface area contributed by atoms with E-state index in [0.29, 0.717) is 6.54 Å². The Bertz CT molecular complexity index is 1320. The van der Waals surface area contributed by atoms with Crippen LogP contribution in [0.4, 0.5) is 10.5 Å². The Morgan fingerprint density at radius 1 is 0.970 bits per heavy atom. The number of nitrogens with one attached hydrogen (secondary N) is 2. The third-order valence-electron chi connectivity index (χ3n) is 6.46. The minimum Gasteiger partial charge on any atom is -0.497 e. The maximum atomic E-state index is 13.5. The summed E-state index contributed by atoms with van der Waals surface area (Å²) < 4.78 is 5.46. The van der Waals surface area contributed by atoms with E-state index in [2.05, 4.69) is 59.7 Å². The molecule has 2 N–H and O–H groups in total. The Labute approximate surface area is 194 Å². The summed E-state index contributed by atoms with van der Waals surface area (Å²) in [5, 5.41) is 4.30. The third kappa shape index (κ3) is 3.95. The number of aryl methyl sites for hydroxylation is 3. The summed E-state index contributed by atoms with van der Waals surface area (Å²) >= 11 is 0. The molecule has 1 aliphatic rings. The van der Waals surface area contributed by atoms with E-state index in [4.69, 9.17) is 4.74 Å². The van der Waals surface area contributed by atoms with Gasteiger partial charge < -0.3 is 19.9 Å². The van der Waals surface area contributed by atoms with E-state index in [1.807, 2.05) is 36.9 Å². The van der Waals surface area contributed by atoms with Crippen molar-refractivity contribution in [1.82, 2.24) is 9.88 Å². The molecule has 0 saturated heterocycles. The number of ether oxygens (including phenoxy) is 1. The van der Waals surface area contributed by atoms with Crippen molar-refractivity contribution in [3.05, 3.63) is 94.2 Å². The first-order chi connectivity index (χ1) is 15.9. The van der Waals surface area contributed by atoms with E-state index < -0.39 is 0 Å². The Kier molecular flexibility index (Phi) is 5.33. The number of hydrogen-bond donors (Lipinski definition) is 2. The van der Waals surface area contributed by atoms with E-state index >= 15 is 0 Å². The lowest BCUT2D eigenvalue weighted by molar-refractivity contribution is 0.193. The molecular weight excluding hydrogens is 410 g/mol. The molecule has 2 heterocycles. The van der Waals surface area contributed by atoms with Gasteiger partial charge in [-0.1, -0.05) is 35.9 Å². The molecule has 5 heteroatoms. The van der Waals surface area contributed by atoms with Crippen LogP contribution in [-0.4, -0.2) is 29.6 Å². The van der Waals surface area contributed by atoms with Crippen molar-refractivity contribution in [1.29, 1.82) is 0 Å². The zero-order valence-electron chi connectivity index (χ0n) is 19.5. The second-order valence-corrected chi connectivity index (χ2v) is 8.99. The molecule has 0 spiro atoms. The molecule has 33 heavy (non-hydrogen) atoms. The average molecular weight is 440 g/mol. The average Bonchev–Trinajstić information content (AvgIpc) is 3.16. The second-order valence-electron chi connectivity index (χ2n) is 8.99. The van der Waals surface area contributed by atoms with Gasteiger partial charge in [0.2, 0.25) is 0 Å². The van der Waals surface area contributed by atoms with Crippen LogP contribution in [0.5, 0.6) is 5.75 Å². The molecule has 5 rings (SSSR count). The van der Waals surface area contributed by atoms with Crippen molar-refractivity contribution in [3.8, 4) is 5.75 Å². The Morgan fingerprint density at radius 2 is 1.70 bits per heavy atom. The maximum Gasteiger partial charge on any atom is 0.322 e. The van der Waals surface area contributed by atoms with Crippen LogP contribution in [0.1, 0.15) is 39.6 Å². The largest absolute Gasteiger partial charge is 0.497 e. The highest BCUT2D eigenvalue weighted by Gasteiger charge is 2.34. The molecule has 0 bridgehead atoms. The molecule has 2 amide bonds. The SMILES string of the molecule is COc1ccc2[nH]c3c(c2c1)CCN(C(=O)Nc1cc(C)cc(C)c1)C3c1ccc(C)cc1. The van der Waals surface area contributed by atoms with E-state index in [1.54, 1.807) is 7.11 Å². The number of H-pyrrole nitrogens is 1. The summed E-state index contributed by atoms with van der Waals surface area (Å²) in [6.45, 7) is 6.80. The molecule has 3 aromatic carbocycles. The number of carbonyl (C=O) groups excluding carboxylic acids is 1. The first-order valence-electron chi connectivity index (χ1n) is 11.3. The van der Waals surface area contributed by atoms with Crippen molar-refractivity contribution in [2.45, 2.75) is 33.2 Å². The highest BCUT2D eigenvalue weighted by atomic mass is 16.5. The minimum absolute atomic E-state index is 0.0903. The lowest BCUT2D eigenvalue weighted by Crippen LogP contribution is -2.43. The molecule has 1 aromatic heterocycles. The zero-order valence-corrected chi connectivity index (χ0v) is 19.5. The molecule has 4 aromatic rings. The topological polar surface area (TPSA) is 57.4 Å². The lowest BCUT2D eigenvalue weighted by Gasteiger charge is -2.36. The smallest absolute Gasteiger partial charge is 0.322 e. The van der Waals surface area contributed by atoms with E-state index in [1.165, 1.54) is 11.1 Å². The van der Waals surface area contributed by atoms with Crippen LogP contribution >= 0.6 is 0 Å². The molecule has 0 saturated carbocycles. The van der Waals surface area contributed by atoms with Crippen molar-refractivity contribution in [2.24, 2.45) is 0 Å². The summed E-state index contributed by atoms with van der Waals surface area (Å²) in [5.41, 5.74) is 8.77. The molecular formula is C28H29N3O2. The highest BCUT2D eigenvalue weighted by Crippen LogP contribution is 2.39. The van der Waals surface area contributed by atoms with Gasteiger partial charge in [0.25, 0.3) is 0 Å². The molecule has 1 aliphatic heterocycles. The fraction of sp³-hybridized carbons (Fsp3) is 0.250. The number of rotatable bonds is 3. The van der Waals surface area contributed by atoms with Gasteiger partial charge in [-0.2, -0.15) is 0 Å². The number of methoxy groups -OCH3 is 1. The second kappa shape index (κ2) is 8.32. The maximum absolute atomic E-state index is 13.5. The van der Waals surface area contributed by atoms with Gasteiger partial charge in [0.05, 0.1) is 13.2 Å². The van der Waals surface area contributed by atoms with E-state index in [0.717, 1.165) is 51.1 Å². The summed E-state index contributed by atoms with van der Waals surface area (Å²) in [4.78, 5) is 19.1. The van der Waals surface area contributed by atoms with Gasteiger partial charge in [0, 0.05) is 28.8 Å². The summed E-state index contributed by atoms with van der Waals surface area (Å²) in [7, 11) is 1.69. The standard InChI is InChI=1S/C28H29N3O2/c1-17-5-7-20(8-6-17)27-26-23(24-16-22(33-4)9-10-25(24)30-26)11-12-31(27)28(32)29-21-14-18(2)13-19(3)15-21/h5-10,13-16,27,30H,11-12H2,1-4H3,(H,29,32). The van der Waals surface area contributed by atoms with E-state index in [9.17, 15) is 4.79 Å². The van der Waals surface area contributed by atoms with Crippen molar-refractivity contribution in [3.63, 3.8) is 0 Å². The van der Waals surface area contributed by atoms with E-state index in [-0.39, 0.29) is 12.1 Å². The number of fused-ring (bicyclic) bond motifs is 3. The lowest BCUT2D eigenvalue weighted by atomic mass is 9.92. The number of hydrogen-bond acceptors (Lipinski definition) is 2. The fourth-order valence-electron chi connectivity index (χ4n) is 4.95. The molecule has 0 radical (unpaired) electrons. The molecule has 0 fully saturated rings. The minimum atomic E-state index is -0.196. The Morgan fingerprint density at radius 3 is 2.39 bits per heavy atom. The first-order valence-corrected chi connectivity index (χ1v) is 11.3. The quantitative estimate of drug-likeness (QED) is 0.395. The number of aromatic amines is 1. The van der Waals surface area contributed by atoms with Crippen molar-refractivity contribution in [2.75, 3.05) is 19.0 Å². The Balaban J connectivity index is 1.58. The van der Waals surface area contributed by atoms with Gasteiger partial charge in [0.15, 0.2) is 0 Å². The number of urea groups is 1. The van der Waals surface area contributed by atoms with Crippen LogP contribution in [0.3, 0.4) is 0 Å². The number of benzene rings is 3. The number of amides is 2. The molecule has 5 nitrogen and oxygen atoms in total. The van der Waals surface area contributed by atoms with Crippen molar-refractivity contribution < 1.29 is 9.53 Å². The van der Waals surface area contributed by atoms with Gasteiger partial charge >= 0.3 is 6.03 Å². The molecule has 1 atom stereocenters. The van der Waals surface area contributed by atoms with Crippen molar-refractivity contribution >= 4 is 22.6 Å². The number of anilines is 1.